The zero-order valence-corrected chi connectivity index (χ0v) is 8.36. The van der Waals surface area contributed by atoms with Gasteiger partial charge < -0.3 is 14.8 Å². The molecule has 1 aromatic rings. The SMILES string of the molecule is OC1(c2ccc[c-]n2)CCOCC1.[Li+]. The van der Waals surface area contributed by atoms with Gasteiger partial charge in [0.2, 0.25) is 0 Å². The minimum atomic E-state index is -0.796. The van der Waals surface area contributed by atoms with E-state index in [1.54, 1.807) is 6.07 Å². The Kier molecular flexibility index (Phi) is 4.15. The molecule has 2 rings (SSSR count). The van der Waals surface area contributed by atoms with Gasteiger partial charge in [-0.05, 0) is 18.5 Å². The maximum atomic E-state index is 10.2. The molecule has 14 heavy (non-hydrogen) atoms. The maximum Gasteiger partial charge on any atom is 1.00 e. The van der Waals surface area contributed by atoms with Gasteiger partial charge in [0.1, 0.15) is 0 Å². The van der Waals surface area contributed by atoms with Crippen molar-refractivity contribution in [3.8, 4) is 0 Å². The van der Waals surface area contributed by atoms with Crippen molar-refractivity contribution in [3.05, 3.63) is 30.1 Å². The van der Waals surface area contributed by atoms with E-state index in [1.807, 2.05) is 12.1 Å². The Labute approximate surface area is 95.7 Å². The van der Waals surface area contributed by atoms with Crippen LogP contribution in [0.1, 0.15) is 18.5 Å². The summed E-state index contributed by atoms with van der Waals surface area (Å²) in [6.07, 6.45) is 3.98. The monoisotopic (exact) mass is 185 g/mol. The van der Waals surface area contributed by atoms with Crippen molar-refractivity contribution in [1.29, 1.82) is 0 Å². The van der Waals surface area contributed by atoms with Gasteiger partial charge in [0, 0.05) is 13.2 Å². The van der Waals surface area contributed by atoms with Gasteiger partial charge in [0.25, 0.3) is 0 Å². The van der Waals surface area contributed by atoms with E-state index < -0.39 is 5.60 Å². The molecule has 0 radical (unpaired) electrons. The molecule has 1 aromatic heterocycles. The molecule has 70 valence electrons. The van der Waals surface area contributed by atoms with Crippen molar-refractivity contribution in [2.75, 3.05) is 13.2 Å². The summed E-state index contributed by atoms with van der Waals surface area (Å²) in [5.41, 5.74) is -0.0889. The second-order valence-electron chi connectivity index (χ2n) is 3.30. The predicted molar refractivity (Wildman–Crippen MR) is 47.0 cm³/mol. The average Bonchev–Trinajstić information content (AvgIpc) is 2.20. The van der Waals surface area contributed by atoms with Crippen LogP contribution in [-0.2, 0) is 10.3 Å². The molecule has 1 aliphatic rings. The van der Waals surface area contributed by atoms with Gasteiger partial charge in [0.15, 0.2) is 0 Å². The number of aliphatic hydroxyl groups is 1. The number of aromatic nitrogens is 1. The van der Waals surface area contributed by atoms with E-state index in [4.69, 9.17) is 4.74 Å². The predicted octanol–water partition coefficient (Wildman–Crippen LogP) is -2.12. The summed E-state index contributed by atoms with van der Waals surface area (Å²) < 4.78 is 5.19. The first kappa shape index (κ1) is 11.7. The zero-order chi connectivity index (χ0) is 9.15. The van der Waals surface area contributed by atoms with Crippen LogP contribution in [0.2, 0.25) is 0 Å². The summed E-state index contributed by atoms with van der Waals surface area (Å²) in [6, 6.07) is 5.41. The van der Waals surface area contributed by atoms with Gasteiger partial charge in [-0.2, -0.15) is 12.1 Å². The van der Waals surface area contributed by atoms with Crippen molar-refractivity contribution in [3.63, 3.8) is 0 Å². The number of rotatable bonds is 1. The summed E-state index contributed by atoms with van der Waals surface area (Å²) in [5, 5.41) is 10.2. The second-order valence-corrected chi connectivity index (χ2v) is 3.30. The van der Waals surface area contributed by atoms with Crippen LogP contribution in [0.4, 0.5) is 0 Å². The van der Waals surface area contributed by atoms with Crippen molar-refractivity contribution in [2.24, 2.45) is 0 Å². The van der Waals surface area contributed by atoms with Gasteiger partial charge in [0.05, 0.1) is 5.60 Å². The van der Waals surface area contributed by atoms with E-state index in [-0.39, 0.29) is 18.9 Å². The van der Waals surface area contributed by atoms with Crippen LogP contribution in [0.25, 0.3) is 0 Å². The van der Waals surface area contributed by atoms with Gasteiger partial charge >= 0.3 is 18.9 Å². The van der Waals surface area contributed by atoms with Crippen LogP contribution in [0.15, 0.2) is 18.2 Å². The molecule has 2 heterocycles. The molecule has 1 fully saturated rings. The summed E-state index contributed by atoms with van der Waals surface area (Å²) in [5.74, 6) is 0. The average molecular weight is 185 g/mol. The number of ether oxygens (including phenoxy) is 1. The topological polar surface area (TPSA) is 42.4 Å². The van der Waals surface area contributed by atoms with Crippen LogP contribution < -0.4 is 18.9 Å². The van der Waals surface area contributed by atoms with E-state index in [0.29, 0.717) is 31.7 Å². The van der Waals surface area contributed by atoms with Gasteiger partial charge in [-0.25, -0.2) is 0 Å². The molecule has 1 aliphatic heterocycles. The summed E-state index contributed by atoms with van der Waals surface area (Å²) in [7, 11) is 0. The van der Waals surface area contributed by atoms with E-state index in [9.17, 15) is 5.11 Å². The quantitative estimate of drug-likeness (QED) is 0.402. The molecule has 0 aromatic carbocycles. The Morgan fingerprint density at radius 1 is 1.43 bits per heavy atom. The molecular formula is C10H12LiNO2. The second kappa shape index (κ2) is 4.95. The van der Waals surface area contributed by atoms with Crippen LogP contribution in [-0.4, -0.2) is 23.3 Å². The first-order valence-electron chi connectivity index (χ1n) is 4.45. The Hall–Kier alpha value is -0.333. The number of pyridine rings is 1. The normalized spacial score (nSPS) is 19.8. The maximum absolute atomic E-state index is 10.2. The third-order valence-electron chi connectivity index (χ3n) is 2.41. The molecule has 1 N–H and O–H groups in total. The van der Waals surface area contributed by atoms with E-state index >= 15 is 0 Å². The molecule has 0 unspecified atom stereocenters. The van der Waals surface area contributed by atoms with Crippen LogP contribution in [0.3, 0.4) is 0 Å². The molecule has 1 saturated heterocycles. The Balaban J connectivity index is 0.000000980. The van der Waals surface area contributed by atoms with E-state index in [1.165, 1.54) is 0 Å². The smallest absolute Gasteiger partial charge is 0.396 e. The fraction of sp³-hybridized carbons (Fsp3) is 0.500. The van der Waals surface area contributed by atoms with Crippen molar-refractivity contribution < 1.29 is 28.7 Å². The van der Waals surface area contributed by atoms with E-state index in [2.05, 4.69) is 11.2 Å². The van der Waals surface area contributed by atoms with Crippen LogP contribution in [0.5, 0.6) is 0 Å². The molecule has 0 aliphatic carbocycles. The standard InChI is InChI=1S/C10H12NO2.Li/c12-10(4-7-13-8-5-10)9-3-1-2-6-11-9;/h1-3,12H,4-5,7-8H2;/q-1;+1. The van der Waals surface area contributed by atoms with Crippen LogP contribution in [0, 0.1) is 6.20 Å². The van der Waals surface area contributed by atoms with Gasteiger partial charge in [-0.15, -0.1) is 6.07 Å². The van der Waals surface area contributed by atoms with Gasteiger partial charge in [-0.1, -0.05) is 6.20 Å². The molecule has 4 heteroatoms. The Morgan fingerprint density at radius 2 is 2.14 bits per heavy atom. The van der Waals surface area contributed by atoms with Crippen molar-refractivity contribution in [1.82, 2.24) is 4.98 Å². The fourth-order valence-corrected chi connectivity index (χ4v) is 1.55. The number of hydrogen-bond acceptors (Lipinski definition) is 3. The van der Waals surface area contributed by atoms with Crippen LogP contribution >= 0.6 is 0 Å². The Morgan fingerprint density at radius 3 is 2.71 bits per heavy atom. The molecule has 0 bridgehead atoms. The minimum Gasteiger partial charge on any atom is -0.396 e. The summed E-state index contributed by atoms with van der Waals surface area (Å²) in [4.78, 5) is 4.04. The number of hydrogen-bond donors (Lipinski definition) is 1. The molecule has 0 amide bonds. The van der Waals surface area contributed by atoms with Crippen molar-refractivity contribution >= 4 is 0 Å². The largest absolute Gasteiger partial charge is 1.00 e. The summed E-state index contributed by atoms with van der Waals surface area (Å²) >= 11 is 0. The van der Waals surface area contributed by atoms with Crippen molar-refractivity contribution in [2.45, 2.75) is 18.4 Å². The molecule has 0 spiro atoms. The molecular weight excluding hydrogens is 173 g/mol. The third-order valence-corrected chi connectivity index (χ3v) is 2.41. The first-order valence-corrected chi connectivity index (χ1v) is 4.45. The molecule has 0 saturated carbocycles. The Bertz CT molecular complexity index is 273. The fourth-order valence-electron chi connectivity index (χ4n) is 1.55. The first-order chi connectivity index (χ1) is 6.31. The van der Waals surface area contributed by atoms with Gasteiger partial charge in [-0.3, -0.25) is 0 Å². The summed E-state index contributed by atoms with van der Waals surface area (Å²) in [6.45, 7) is 1.21. The molecule has 3 nitrogen and oxygen atoms in total. The molecule has 0 atom stereocenters. The number of nitrogens with zero attached hydrogens (tertiary/aromatic N) is 1. The van der Waals surface area contributed by atoms with E-state index in [0.717, 1.165) is 0 Å². The minimum absolute atomic E-state index is 0. The third kappa shape index (κ3) is 2.37. The zero-order valence-electron chi connectivity index (χ0n) is 8.36.